The molecule has 0 fully saturated rings. The molecule has 1 heterocycles. The molecule has 0 atom stereocenters. The van der Waals surface area contributed by atoms with E-state index in [-0.39, 0.29) is 0 Å². The Kier molecular flexibility index (Phi) is 2.74. The number of imidazole rings is 1. The molecule has 0 unspecified atom stereocenters. The number of fused-ring (bicyclic) bond motifs is 1. The first-order valence-corrected chi connectivity index (χ1v) is 6.36. The molecular weight excluding hydrogens is 376 g/mol. The Morgan fingerprint density at radius 2 is 1.86 bits per heavy atom. The smallest absolute Gasteiger partial charge is 0.192 e. The normalized spacial score (nSPS) is 12.3. The van der Waals surface area contributed by atoms with Crippen LogP contribution in [0.3, 0.4) is 0 Å². The largest absolute Gasteiger partial charge is 0.328 e. The highest BCUT2D eigenvalue weighted by atomic mass is 80.0. The van der Waals surface area contributed by atoms with Crippen molar-refractivity contribution in [2.75, 3.05) is 0 Å². The van der Waals surface area contributed by atoms with E-state index in [2.05, 4.69) is 52.8 Å². The van der Waals surface area contributed by atoms with Crippen LogP contribution in [0.25, 0.3) is 11.0 Å². The fraction of sp³-hybridized carbons (Fsp3) is 0.222. The van der Waals surface area contributed by atoms with Crippen LogP contribution in [0.2, 0.25) is 0 Å². The van der Waals surface area contributed by atoms with Crippen LogP contribution < -0.4 is 0 Å². The number of aryl methyl sites for hydroxylation is 1. The molecule has 0 amide bonds. The predicted molar refractivity (Wildman–Crippen MR) is 69.2 cm³/mol. The minimum atomic E-state index is -0.458. The van der Waals surface area contributed by atoms with Gasteiger partial charge in [-0.15, -0.1) is 0 Å². The second-order valence-electron chi connectivity index (χ2n) is 2.98. The molecule has 1 aromatic carbocycles. The number of alkyl halides is 3. The Hall–Kier alpha value is 0.130. The van der Waals surface area contributed by atoms with Crippen LogP contribution in [0, 0.1) is 0 Å². The number of aromatic nitrogens is 2. The average molecular weight is 383 g/mol. The van der Waals surface area contributed by atoms with Crippen molar-refractivity contribution >= 4 is 58.8 Å². The van der Waals surface area contributed by atoms with Gasteiger partial charge >= 0.3 is 0 Å². The molecule has 5 heteroatoms. The Labute approximate surface area is 107 Å². The van der Waals surface area contributed by atoms with E-state index in [1.807, 2.05) is 35.9 Å². The van der Waals surface area contributed by atoms with Crippen LogP contribution in [0.1, 0.15) is 5.82 Å². The van der Waals surface area contributed by atoms with Crippen molar-refractivity contribution in [2.24, 2.45) is 7.05 Å². The maximum absolute atomic E-state index is 4.51. The standard InChI is InChI=1S/C9H7Br3N2/c1-14-7-5-3-2-4-6(7)13-8(14)9(10,11)12/h2-5H,1H3. The monoisotopic (exact) mass is 380 g/mol. The number of halogens is 3. The lowest BCUT2D eigenvalue weighted by atomic mass is 10.3. The first-order chi connectivity index (χ1) is 6.50. The molecule has 0 aliphatic rings. The summed E-state index contributed by atoms with van der Waals surface area (Å²) < 4.78 is 1.58. The topological polar surface area (TPSA) is 17.8 Å². The van der Waals surface area contributed by atoms with Gasteiger partial charge in [-0.2, -0.15) is 0 Å². The minimum absolute atomic E-state index is 0.458. The van der Waals surface area contributed by atoms with Crippen LogP contribution >= 0.6 is 47.8 Å². The van der Waals surface area contributed by atoms with E-state index in [1.165, 1.54) is 0 Å². The maximum Gasteiger partial charge on any atom is 0.192 e. The summed E-state index contributed by atoms with van der Waals surface area (Å²) in [5.74, 6) is 0.888. The third-order valence-corrected chi connectivity index (χ3v) is 3.10. The quantitative estimate of drug-likeness (QED) is 0.632. The first-order valence-electron chi connectivity index (χ1n) is 3.99. The fourth-order valence-electron chi connectivity index (χ4n) is 1.40. The Morgan fingerprint density at radius 1 is 1.21 bits per heavy atom. The number of hydrogen-bond acceptors (Lipinski definition) is 1. The van der Waals surface area contributed by atoms with Crippen molar-refractivity contribution in [1.82, 2.24) is 9.55 Å². The highest BCUT2D eigenvalue weighted by Gasteiger charge is 2.27. The molecule has 0 spiro atoms. The fourth-order valence-corrected chi connectivity index (χ4v) is 2.46. The van der Waals surface area contributed by atoms with Gasteiger partial charge in [0.25, 0.3) is 0 Å². The lowest BCUT2D eigenvalue weighted by Gasteiger charge is -2.11. The molecule has 0 saturated carbocycles. The second-order valence-corrected chi connectivity index (χ2v) is 9.74. The molecule has 1 aromatic heterocycles. The molecule has 74 valence electrons. The van der Waals surface area contributed by atoms with E-state index in [0.717, 1.165) is 16.9 Å². The van der Waals surface area contributed by atoms with E-state index >= 15 is 0 Å². The number of rotatable bonds is 0. The molecule has 2 rings (SSSR count). The second kappa shape index (κ2) is 3.61. The summed E-state index contributed by atoms with van der Waals surface area (Å²) in [6, 6.07) is 8.03. The third-order valence-electron chi connectivity index (χ3n) is 2.04. The van der Waals surface area contributed by atoms with Crippen LogP contribution in [0.15, 0.2) is 24.3 Å². The van der Waals surface area contributed by atoms with Gasteiger partial charge in [0.15, 0.2) is 2.14 Å². The zero-order chi connectivity index (χ0) is 10.3. The minimum Gasteiger partial charge on any atom is -0.328 e. The van der Waals surface area contributed by atoms with Gasteiger partial charge in [-0.25, -0.2) is 4.98 Å². The molecule has 0 aliphatic heterocycles. The molecule has 0 bridgehead atoms. The molecule has 2 nitrogen and oxygen atoms in total. The van der Waals surface area contributed by atoms with Crippen LogP contribution in [0.4, 0.5) is 0 Å². The summed E-state index contributed by atoms with van der Waals surface area (Å²) >= 11 is 10.4. The summed E-state index contributed by atoms with van der Waals surface area (Å²) in [6.45, 7) is 0. The molecule has 0 radical (unpaired) electrons. The summed E-state index contributed by atoms with van der Waals surface area (Å²) in [4.78, 5) is 4.51. The Balaban J connectivity index is 2.75. The van der Waals surface area contributed by atoms with E-state index in [0.29, 0.717) is 0 Å². The summed E-state index contributed by atoms with van der Waals surface area (Å²) in [6.07, 6.45) is 0. The highest BCUT2D eigenvalue weighted by Crippen LogP contribution is 2.44. The van der Waals surface area contributed by atoms with Gasteiger partial charge in [-0.3, -0.25) is 0 Å². The third kappa shape index (κ3) is 1.77. The zero-order valence-electron chi connectivity index (χ0n) is 7.34. The van der Waals surface area contributed by atoms with Crippen LogP contribution in [0.5, 0.6) is 0 Å². The lowest BCUT2D eigenvalue weighted by molar-refractivity contribution is 0.867. The van der Waals surface area contributed by atoms with Crippen molar-refractivity contribution in [3.63, 3.8) is 0 Å². The average Bonchev–Trinajstić information content (AvgIpc) is 2.44. The number of para-hydroxylation sites is 2. The molecule has 0 N–H and O–H groups in total. The Bertz CT molecular complexity index is 470. The van der Waals surface area contributed by atoms with Crippen molar-refractivity contribution in [2.45, 2.75) is 2.14 Å². The van der Waals surface area contributed by atoms with Crippen molar-refractivity contribution in [3.05, 3.63) is 30.1 Å². The van der Waals surface area contributed by atoms with Gasteiger partial charge in [0.1, 0.15) is 5.82 Å². The molecular formula is C9H7Br3N2. The summed E-state index contributed by atoms with van der Waals surface area (Å²) in [5.41, 5.74) is 2.11. The van der Waals surface area contributed by atoms with Gasteiger partial charge in [-0.05, 0) is 12.1 Å². The SMILES string of the molecule is Cn1c(C(Br)(Br)Br)nc2ccccc21. The lowest BCUT2D eigenvalue weighted by Crippen LogP contribution is -2.06. The summed E-state index contributed by atoms with van der Waals surface area (Å²) in [7, 11) is 1.99. The molecule has 0 saturated heterocycles. The van der Waals surface area contributed by atoms with Gasteiger partial charge in [-0.1, -0.05) is 59.9 Å². The van der Waals surface area contributed by atoms with Gasteiger partial charge in [0, 0.05) is 7.05 Å². The van der Waals surface area contributed by atoms with E-state index in [1.54, 1.807) is 0 Å². The van der Waals surface area contributed by atoms with Crippen molar-refractivity contribution < 1.29 is 0 Å². The van der Waals surface area contributed by atoms with E-state index in [9.17, 15) is 0 Å². The Morgan fingerprint density at radius 3 is 2.43 bits per heavy atom. The van der Waals surface area contributed by atoms with Crippen LogP contribution in [-0.2, 0) is 9.19 Å². The highest BCUT2D eigenvalue weighted by molar-refractivity contribution is 9.38. The van der Waals surface area contributed by atoms with E-state index in [4.69, 9.17) is 0 Å². The molecule has 2 aromatic rings. The predicted octanol–water partition coefficient (Wildman–Crippen LogP) is 3.87. The van der Waals surface area contributed by atoms with Crippen LogP contribution in [-0.4, -0.2) is 9.55 Å². The first kappa shape index (κ1) is 10.6. The summed E-state index contributed by atoms with van der Waals surface area (Å²) in [5, 5.41) is 0. The maximum atomic E-state index is 4.51. The van der Waals surface area contributed by atoms with Gasteiger partial charge in [0.2, 0.25) is 0 Å². The number of benzene rings is 1. The van der Waals surface area contributed by atoms with Crippen molar-refractivity contribution in [1.29, 1.82) is 0 Å². The number of nitrogens with zero attached hydrogens (tertiary/aromatic N) is 2. The zero-order valence-corrected chi connectivity index (χ0v) is 12.1. The number of hydrogen-bond donors (Lipinski definition) is 0. The van der Waals surface area contributed by atoms with Gasteiger partial charge < -0.3 is 4.57 Å². The van der Waals surface area contributed by atoms with Gasteiger partial charge in [0.05, 0.1) is 11.0 Å². The molecule has 14 heavy (non-hydrogen) atoms. The molecule has 0 aliphatic carbocycles. The van der Waals surface area contributed by atoms with E-state index < -0.39 is 2.14 Å². The van der Waals surface area contributed by atoms with Crippen molar-refractivity contribution in [3.8, 4) is 0 Å².